The maximum absolute atomic E-state index is 12.0. The Morgan fingerprint density at radius 1 is 1.16 bits per heavy atom. The minimum absolute atomic E-state index is 0.341. The Morgan fingerprint density at radius 2 is 2.00 bits per heavy atom. The van der Waals surface area contributed by atoms with Crippen LogP contribution in [0.15, 0.2) is 55.0 Å². The lowest BCUT2D eigenvalue weighted by atomic mass is 10.1. The third kappa shape index (κ3) is 4.07. The average Bonchev–Trinajstić information content (AvgIpc) is 3.01. The van der Waals surface area contributed by atoms with Gasteiger partial charge in [0.25, 0.3) is 0 Å². The summed E-state index contributed by atoms with van der Waals surface area (Å²) in [5.74, 6) is 0.901. The van der Waals surface area contributed by atoms with Crippen LogP contribution in [0.3, 0.4) is 0 Å². The fraction of sp³-hybridized carbons (Fsp3) is 0.200. The Kier molecular flexibility index (Phi) is 4.84. The summed E-state index contributed by atoms with van der Waals surface area (Å²) in [5.41, 5.74) is 3.26. The molecule has 1 aromatic carbocycles. The number of ether oxygens (including phenoxy) is 2. The molecule has 0 aliphatic carbocycles. The number of hydrogen-bond donors (Lipinski definition) is 0. The van der Waals surface area contributed by atoms with Gasteiger partial charge in [-0.05, 0) is 49.7 Å². The Balaban J connectivity index is 1.86. The summed E-state index contributed by atoms with van der Waals surface area (Å²) in [4.78, 5) is 16.3. The van der Waals surface area contributed by atoms with Gasteiger partial charge in [0.15, 0.2) is 0 Å². The van der Waals surface area contributed by atoms with Crippen molar-refractivity contribution in [2.45, 2.75) is 13.8 Å². The van der Waals surface area contributed by atoms with E-state index in [9.17, 15) is 4.79 Å². The zero-order valence-corrected chi connectivity index (χ0v) is 14.5. The number of aromatic nitrogens is 2. The first-order valence-corrected chi connectivity index (χ1v) is 8.10. The third-order valence-electron chi connectivity index (χ3n) is 3.66. The van der Waals surface area contributed by atoms with Crippen molar-refractivity contribution in [3.05, 3.63) is 66.1 Å². The number of carbonyl (C=O) groups excluding carboxylic acids is 1. The van der Waals surface area contributed by atoms with Gasteiger partial charge in [0.05, 0.1) is 17.9 Å². The molecule has 128 valence electrons. The molecule has 5 heteroatoms. The highest BCUT2D eigenvalue weighted by molar-refractivity contribution is 5.90. The monoisotopic (exact) mass is 336 g/mol. The van der Waals surface area contributed by atoms with Crippen molar-refractivity contribution in [2.24, 2.45) is 7.05 Å². The number of aryl methyl sites for hydroxylation is 2. The zero-order valence-electron chi connectivity index (χ0n) is 14.5. The van der Waals surface area contributed by atoms with E-state index in [2.05, 4.69) is 4.98 Å². The Bertz CT molecular complexity index is 899. The fourth-order valence-electron chi connectivity index (χ4n) is 2.56. The van der Waals surface area contributed by atoms with Crippen molar-refractivity contribution in [3.63, 3.8) is 0 Å². The van der Waals surface area contributed by atoms with Crippen molar-refractivity contribution in [2.75, 3.05) is 6.61 Å². The van der Waals surface area contributed by atoms with Crippen LogP contribution in [-0.2, 0) is 11.8 Å². The van der Waals surface area contributed by atoms with Gasteiger partial charge in [-0.1, -0.05) is 0 Å². The molecule has 3 rings (SSSR count). The molecular formula is C20H20N2O3. The van der Waals surface area contributed by atoms with E-state index in [1.165, 1.54) is 0 Å². The summed E-state index contributed by atoms with van der Waals surface area (Å²) in [6.45, 7) is 4.04. The molecule has 0 radical (unpaired) electrons. The first kappa shape index (κ1) is 16.8. The maximum atomic E-state index is 12.0. The van der Waals surface area contributed by atoms with Crippen LogP contribution in [0.4, 0.5) is 0 Å². The fourth-order valence-corrected chi connectivity index (χ4v) is 2.56. The van der Waals surface area contributed by atoms with Crippen molar-refractivity contribution in [1.29, 1.82) is 0 Å². The van der Waals surface area contributed by atoms with Gasteiger partial charge in [-0.25, -0.2) is 4.79 Å². The highest BCUT2D eigenvalue weighted by atomic mass is 16.5. The second kappa shape index (κ2) is 7.21. The Hall–Kier alpha value is -3.08. The minimum atomic E-state index is -0.351. The van der Waals surface area contributed by atoms with Crippen molar-refractivity contribution in [1.82, 2.24) is 9.55 Å². The van der Waals surface area contributed by atoms with E-state index in [1.54, 1.807) is 31.3 Å². The Morgan fingerprint density at radius 3 is 2.72 bits per heavy atom. The standard InChI is InChI=1S/C20H20N2O3/c1-4-24-20(23)16-9-14(2)10-18(11-16)25-17-5-7-21-19(12-17)15-6-8-22(3)13-15/h5-13H,4H2,1-3H3. The first-order valence-electron chi connectivity index (χ1n) is 8.10. The smallest absolute Gasteiger partial charge is 0.338 e. The molecular weight excluding hydrogens is 316 g/mol. The van der Waals surface area contributed by atoms with Gasteiger partial charge in [0, 0.05) is 37.3 Å². The van der Waals surface area contributed by atoms with Gasteiger partial charge >= 0.3 is 5.97 Å². The molecule has 3 aromatic rings. The Labute approximate surface area is 146 Å². The SMILES string of the molecule is CCOC(=O)c1cc(C)cc(Oc2ccnc(-c3ccn(C)c3)c2)c1. The summed E-state index contributed by atoms with van der Waals surface area (Å²) >= 11 is 0. The summed E-state index contributed by atoms with van der Waals surface area (Å²) in [6.07, 6.45) is 5.67. The molecule has 5 nitrogen and oxygen atoms in total. The molecule has 0 saturated heterocycles. The summed E-state index contributed by atoms with van der Waals surface area (Å²) in [6, 6.07) is 11.0. The maximum Gasteiger partial charge on any atom is 0.338 e. The van der Waals surface area contributed by atoms with Crippen LogP contribution >= 0.6 is 0 Å². The second-order valence-corrected chi connectivity index (χ2v) is 5.80. The van der Waals surface area contributed by atoms with Crippen LogP contribution in [0, 0.1) is 6.92 Å². The number of benzene rings is 1. The molecule has 0 spiro atoms. The molecule has 0 fully saturated rings. The molecule has 0 amide bonds. The topological polar surface area (TPSA) is 53.4 Å². The number of nitrogens with zero attached hydrogens (tertiary/aromatic N) is 2. The van der Waals surface area contributed by atoms with Gasteiger partial charge in [-0.15, -0.1) is 0 Å². The lowest BCUT2D eigenvalue weighted by molar-refractivity contribution is 0.0526. The van der Waals surface area contributed by atoms with Crippen molar-refractivity contribution in [3.8, 4) is 22.8 Å². The highest BCUT2D eigenvalue weighted by Gasteiger charge is 2.10. The van der Waals surface area contributed by atoms with Gasteiger partial charge in [0.2, 0.25) is 0 Å². The predicted octanol–water partition coefficient (Wildman–Crippen LogP) is 4.36. The number of hydrogen-bond acceptors (Lipinski definition) is 4. The third-order valence-corrected chi connectivity index (χ3v) is 3.66. The van der Waals surface area contributed by atoms with E-state index in [0.29, 0.717) is 23.7 Å². The molecule has 0 aliphatic rings. The molecule has 25 heavy (non-hydrogen) atoms. The van der Waals surface area contributed by atoms with E-state index in [1.807, 2.05) is 49.1 Å². The predicted molar refractivity (Wildman–Crippen MR) is 95.9 cm³/mol. The molecule has 2 heterocycles. The van der Waals surface area contributed by atoms with Crippen LogP contribution < -0.4 is 4.74 Å². The molecule has 0 saturated carbocycles. The number of esters is 1. The zero-order chi connectivity index (χ0) is 17.8. The lowest BCUT2D eigenvalue weighted by Gasteiger charge is -2.10. The molecule has 0 unspecified atom stereocenters. The van der Waals surface area contributed by atoms with E-state index >= 15 is 0 Å². The number of carbonyl (C=O) groups is 1. The normalized spacial score (nSPS) is 10.5. The number of rotatable bonds is 5. The van der Waals surface area contributed by atoms with E-state index in [0.717, 1.165) is 16.8 Å². The molecule has 2 aromatic heterocycles. The van der Waals surface area contributed by atoms with E-state index in [-0.39, 0.29) is 5.97 Å². The van der Waals surface area contributed by atoms with Crippen LogP contribution in [0.2, 0.25) is 0 Å². The van der Waals surface area contributed by atoms with Crippen LogP contribution in [0.1, 0.15) is 22.8 Å². The molecule has 0 atom stereocenters. The van der Waals surface area contributed by atoms with Crippen LogP contribution in [0.5, 0.6) is 11.5 Å². The van der Waals surface area contributed by atoms with E-state index in [4.69, 9.17) is 9.47 Å². The van der Waals surface area contributed by atoms with E-state index < -0.39 is 0 Å². The lowest BCUT2D eigenvalue weighted by Crippen LogP contribution is -2.05. The van der Waals surface area contributed by atoms with Gasteiger partial charge in [0.1, 0.15) is 11.5 Å². The molecule has 0 bridgehead atoms. The van der Waals surface area contributed by atoms with Gasteiger partial charge in [-0.2, -0.15) is 0 Å². The largest absolute Gasteiger partial charge is 0.462 e. The second-order valence-electron chi connectivity index (χ2n) is 5.80. The molecule has 0 aliphatic heterocycles. The summed E-state index contributed by atoms with van der Waals surface area (Å²) < 4.78 is 13.0. The van der Waals surface area contributed by atoms with Crippen LogP contribution in [-0.4, -0.2) is 22.1 Å². The number of pyridine rings is 1. The summed E-state index contributed by atoms with van der Waals surface area (Å²) in [7, 11) is 1.97. The van der Waals surface area contributed by atoms with Crippen LogP contribution in [0.25, 0.3) is 11.3 Å². The minimum Gasteiger partial charge on any atom is -0.462 e. The average molecular weight is 336 g/mol. The first-order chi connectivity index (χ1) is 12.0. The highest BCUT2D eigenvalue weighted by Crippen LogP contribution is 2.27. The molecule has 0 N–H and O–H groups in total. The van der Waals surface area contributed by atoms with Gasteiger partial charge < -0.3 is 14.0 Å². The van der Waals surface area contributed by atoms with Crippen molar-refractivity contribution >= 4 is 5.97 Å². The van der Waals surface area contributed by atoms with Gasteiger partial charge in [-0.3, -0.25) is 4.98 Å². The summed E-state index contributed by atoms with van der Waals surface area (Å²) in [5, 5.41) is 0. The van der Waals surface area contributed by atoms with Crippen molar-refractivity contribution < 1.29 is 14.3 Å². The quantitative estimate of drug-likeness (QED) is 0.650.